The second kappa shape index (κ2) is 9.08. The minimum absolute atomic E-state index is 0.691. The van der Waals surface area contributed by atoms with Crippen molar-refractivity contribution >= 4 is 6.21 Å². The Labute approximate surface area is 85.4 Å². The zero-order valence-corrected chi connectivity index (χ0v) is 8.33. The third kappa shape index (κ3) is 6.68. The van der Waals surface area contributed by atoms with Crippen LogP contribution < -0.4 is 5.32 Å². The van der Waals surface area contributed by atoms with Crippen LogP contribution in [0.5, 0.6) is 0 Å². The number of hydrogen-bond acceptors (Lipinski definition) is 2. The zero-order chi connectivity index (χ0) is 10.6. The van der Waals surface area contributed by atoms with Crippen molar-refractivity contribution < 1.29 is 0 Å². The molecule has 0 amide bonds. The van der Waals surface area contributed by atoms with Gasteiger partial charge in [0.1, 0.15) is 5.70 Å². The van der Waals surface area contributed by atoms with Crippen LogP contribution in [0.15, 0.2) is 54.5 Å². The monoisotopic (exact) mass is 186 g/mol. The minimum atomic E-state index is 0.691. The van der Waals surface area contributed by atoms with Crippen LogP contribution in [0, 0.1) is 11.8 Å². The van der Waals surface area contributed by atoms with Crippen LogP contribution in [0.25, 0.3) is 0 Å². The third-order valence-electron chi connectivity index (χ3n) is 1.11. The van der Waals surface area contributed by atoms with Gasteiger partial charge in [-0.05, 0) is 25.1 Å². The Balaban J connectivity index is 4.51. The van der Waals surface area contributed by atoms with Gasteiger partial charge in [0.2, 0.25) is 0 Å². The second-order valence-electron chi connectivity index (χ2n) is 2.19. The number of nitrogens with one attached hydrogen (secondary N) is 1. The van der Waals surface area contributed by atoms with Gasteiger partial charge in [-0.25, -0.2) is 0 Å². The summed E-state index contributed by atoms with van der Waals surface area (Å²) in [6, 6.07) is 0. The lowest BCUT2D eigenvalue weighted by Crippen LogP contribution is -2.00. The number of aliphatic imine (C=N–C) groups is 1. The van der Waals surface area contributed by atoms with Crippen molar-refractivity contribution in [2.45, 2.75) is 6.92 Å². The maximum Gasteiger partial charge on any atom is 0.108 e. The Morgan fingerprint density at radius 3 is 2.79 bits per heavy atom. The van der Waals surface area contributed by atoms with Crippen LogP contribution in [0.1, 0.15) is 6.92 Å². The molecule has 0 aromatic heterocycles. The van der Waals surface area contributed by atoms with Crippen molar-refractivity contribution in [2.75, 3.05) is 0 Å². The van der Waals surface area contributed by atoms with E-state index in [-0.39, 0.29) is 0 Å². The highest BCUT2D eigenvalue weighted by Crippen LogP contribution is 1.87. The Morgan fingerprint density at radius 2 is 2.21 bits per heavy atom. The van der Waals surface area contributed by atoms with E-state index in [1.165, 1.54) is 0 Å². The first-order valence-corrected chi connectivity index (χ1v) is 4.19. The lowest BCUT2D eigenvalue weighted by Gasteiger charge is -1.94. The van der Waals surface area contributed by atoms with E-state index in [1.807, 2.05) is 13.0 Å². The molecule has 0 rings (SSSR count). The molecule has 0 aliphatic heterocycles. The molecule has 72 valence electrons. The SMILES string of the molecule is C=CC=N/C=C(/C#C/C=C/C)NC=C. The summed E-state index contributed by atoms with van der Waals surface area (Å²) in [7, 11) is 0. The molecule has 0 fully saturated rings. The van der Waals surface area contributed by atoms with Crippen molar-refractivity contribution in [2.24, 2.45) is 4.99 Å². The van der Waals surface area contributed by atoms with Gasteiger partial charge in [0.05, 0.1) is 6.20 Å². The van der Waals surface area contributed by atoms with Gasteiger partial charge < -0.3 is 5.32 Å². The number of hydrogen-bond donors (Lipinski definition) is 1. The second-order valence-corrected chi connectivity index (χ2v) is 2.19. The molecule has 0 atom stereocenters. The lowest BCUT2D eigenvalue weighted by atomic mass is 10.4. The summed E-state index contributed by atoms with van der Waals surface area (Å²) in [5.41, 5.74) is 0.691. The fourth-order valence-corrected chi connectivity index (χ4v) is 0.597. The predicted octanol–water partition coefficient (Wildman–Crippen LogP) is 2.40. The summed E-state index contributed by atoms with van der Waals surface area (Å²) >= 11 is 0. The molecule has 0 aliphatic rings. The number of rotatable bonds is 4. The number of nitrogens with zero attached hydrogens (tertiary/aromatic N) is 1. The quantitative estimate of drug-likeness (QED) is 0.529. The summed E-state index contributed by atoms with van der Waals surface area (Å²) in [5.74, 6) is 5.71. The molecular weight excluding hydrogens is 172 g/mol. The Bertz CT molecular complexity index is 322. The third-order valence-corrected chi connectivity index (χ3v) is 1.11. The van der Waals surface area contributed by atoms with Crippen molar-refractivity contribution in [1.82, 2.24) is 5.32 Å². The van der Waals surface area contributed by atoms with Crippen molar-refractivity contribution in [1.29, 1.82) is 0 Å². The van der Waals surface area contributed by atoms with E-state index in [4.69, 9.17) is 0 Å². The summed E-state index contributed by atoms with van der Waals surface area (Å²) in [6.45, 7) is 8.97. The molecule has 0 unspecified atom stereocenters. The Morgan fingerprint density at radius 1 is 1.43 bits per heavy atom. The fourth-order valence-electron chi connectivity index (χ4n) is 0.597. The van der Waals surface area contributed by atoms with E-state index in [0.29, 0.717) is 5.70 Å². The highest BCUT2D eigenvalue weighted by molar-refractivity contribution is 5.70. The molecule has 0 aromatic rings. The van der Waals surface area contributed by atoms with Crippen molar-refractivity contribution in [3.05, 3.63) is 49.5 Å². The van der Waals surface area contributed by atoms with E-state index in [0.717, 1.165) is 0 Å². The summed E-state index contributed by atoms with van der Waals surface area (Å²) in [6.07, 6.45) is 9.98. The molecule has 0 radical (unpaired) electrons. The van der Waals surface area contributed by atoms with Crippen molar-refractivity contribution in [3.63, 3.8) is 0 Å². The Hall–Kier alpha value is -2.01. The van der Waals surface area contributed by atoms with E-state index >= 15 is 0 Å². The first-order chi connectivity index (χ1) is 6.85. The molecule has 0 bridgehead atoms. The van der Waals surface area contributed by atoms with E-state index in [1.54, 1.807) is 30.8 Å². The van der Waals surface area contributed by atoms with Gasteiger partial charge in [0, 0.05) is 6.21 Å². The molecule has 1 N–H and O–H groups in total. The van der Waals surface area contributed by atoms with Gasteiger partial charge in [0.15, 0.2) is 0 Å². The summed E-state index contributed by atoms with van der Waals surface area (Å²) in [5, 5.41) is 2.87. The lowest BCUT2D eigenvalue weighted by molar-refractivity contribution is 1.12. The average Bonchev–Trinajstić information content (AvgIpc) is 2.18. The van der Waals surface area contributed by atoms with Crippen LogP contribution >= 0.6 is 0 Å². The summed E-state index contributed by atoms with van der Waals surface area (Å²) in [4.78, 5) is 3.95. The van der Waals surface area contributed by atoms with E-state index in [9.17, 15) is 0 Å². The minimum Gasteiger partial charge on any atom is -0.354 e. The first-order valence-electron chi connectivity index (χ1n) is 4.19. The normalized spacial score (nSPS) is 11.1. The molecule has 0 aromatic carbocycles. The van der Waals surface area contributed by atoms with E-state index in [2.05, 4.69) is 35.3 Å². The van der Waals surface area contributed by atoms with Gasteiger partial charge in [-0.15, -0.1) is 0 Å². The molecule has 0 saturated carbocycles. The van der Waals surface area contributed by atoms with Gasteiger partial charge >= 0.3 is 0 Å². The maximum absolute atomic E-state index is 3.95. The van der Waals surface area contributed by atoms with Gasteiger partial charge in [-0.3, -0.25) is 4.99 Å². The molecule has 0 aliphatic carbocycles. The predicted molar refractivity (Wildman–Crippen MR) is 62.7 cm³/mol. The van der Waals surface area contributed by atoms with Gasteiger partial charge in [0.25, 0.3) is 0 Å². The smallest absolute Gasteiger partial charge is 0.108 e. The molecule has 2 heteroatoms. The fraction of sp³-hybridized carbons (Fsp3) is 0.0833. The molecule has 0 saturated heterocycles. The largest absolute Gasteiger partial charge is 0.354 e. The molecule has 14 heavy (non-hydrogen) atoms. The summed E-state index contributed by atoms with van der Waals surface area (Å²) < 4.78 is 0. The molecular formula is C12H14N2. The Kier molecular flexibility index (Phi) is 7.78. The maximum atomic E-state index is 3.95. The van der Waals surface area contributed by atoms with Crippen LogP contribution in [0.3, 0.4) is 0 Å². The van der Waals surface area contributed by atoms with Crippen LogP contribution in [-0.2, 0) is 0 Å². The highest BCUT2D eigenvalue weighted by atomic mass is 14.9. The van der Waals surface area contributed by atoms with Gasteiger partial charge in [-0.1, -0.05) is 31.2 Å². The van der Waals surface area contributed by atoms with Gasteiger partial charge in [-0.2, -0.15) is 0 Å². The number of allylic oxidation sites excluding steroid dienone is 4. The average molecular weight is 186 g/mol. The van der Waals surface area contributed by atoms with Crippen molar-refractivity contribution in [3.8, 4) is 11.8 Å². The highest BCUT2D eigenvalue weighted by Gasteiger charge is 1.83. The molecule has 2 nitrogen and oxygen atoms in total. The first kappa shape index (κ1) is 12.0. The molecule has 0 spiro atoms. The standard InChI is InChI=1S/C12H14N2/c1-4-7-8-9-12(14-6-3)11-13-10-5-2/h4-7,10-11,14H,2-3H2,1H3/b7-4+,12-11-,13-10?. The molecule has 0 heterocycles. The van der Waals surface area contributed by atoms with E-state index < -0.39 is 0 Å². The van der Waals surface area contributed by atoms with Crippen LogP contribution in [0.4, 0.5) is 0 Å². The topological polar surface area (TPSA) is 24.4 Å². The van der Waals surface area contributed by atoms with Crippen LogP contribution in [0.2, 0.25) is 0 Å². The zero-order valence-electron chi connectivity index (χ0n) is 8.33. The van der Waals surface area contributed by atoms with Crippen LogP contribution in [-0.4, -0.2) is 6.21 Å².